The van der Waals surface area contributed by atoms with E-state index in [1.54, 1.807) is 12.1 Å². The van der Waals surface area contributed by atoms with Crippen LogP contribution in [-0.2, 0) is 9.53 Å². The number of rotatable bonds is 5. The Labute approximate surface area is 123 Å². The van der Waals surface area contributed by atoms with Crippen molar-refractivity contribution >= 4 is 17.6 Å². The minimum absolute atomic E-state index is 0.140. The zero-order chi connectivity index (χ0) is 14.7. The van der Waals surface area contributed by atoms with Gasteiger partial charge in [-0.1, -0.05) is 25.4 Å². The Morgan fingerprint density at radius 2 is 2.20 bits per heavy atom. The monoisotopic (exact) mass is 299 g/mol. The number of carbonyl (C=O) groups is 1. The zero-order valence-electron chi connectivity index (χ0n) is 11.7. The summed E-state index contributed by atoms with van der Waals surface area (Å²) in [5, 5.41) is 3.60. The molecule has 0 saturated heterocycles. The number of hydrogen-bond acceptors (Lipinski definition) is 5. The lowest BCUT2D eigenvalue weighted by molar-refractivity contribution is -0.143. The molecular weight excluding hydrogens is 282 g/mol. The van der Waals surface area contributed by atoms with Gasteiger partial charge in [0.2, 0.25) is 6.79 Å². The first-order chi connectivity index (χ1) is 9.52. The summed E-state index contributed by atoms with van der Waals surface area (Å²) in [5.74, 6) is 1.11. The minimum atomic E-state index is -0.575. The Bertz CT molecular complexity index is 504. The second-order valence-corrected chi connectivity index (χ2v) is 5.40. The van der Waals surface area contributed by atoms with Crippen LogP contribution in [0, 0.1) is 5.92 Å². The maximum absolute atomic E-state index is 11.9. The van der Waals surface area contributed by atoms with Crippen molar-refractivity contribution in [2.45, 2.75) is 19.9 Å². The van der Waals surface area contributed by atoms with Crippen molar-refractivity contribution in [1.82, 2.24) is 5.32 Å². The molecule has 1 aliphatic rings. The number of hydrogen-bond donors (Lipinski definition) is 1. The van der Waals surface area contributed by atoms with Crippen molar-refractivity contribution in [2.75, 3.05) is 20.4 Å². The molecule has 0 fully saturated rings. The van der Waals surface area contributed by atoms with Crippen molar-refractivity contribution in [3.63, 3.8) is 0 Å². The molecule has 1 N–H and O–H groups in total. The van der Waals surface area contributed by atoms with Gasteiger partial charge in [-0.3, -0.25) is 0 Å². The molecule has 110 valence electrons. The van der Waals surface area contributed by atoms with Crippen LogP contribution in [0.3, 0.4) is 0 Å². The third-order valence-electron chi connectivity index (χ3n) is 2.95. The standard InChI is InChI=1S/C14H18ClNO4/c1-8(2)6-16-12(14(17)18-3)9-4-10(15)13-11(5-9)19-7-20-13/h4-5,8,12,16H,6-7H2,1-3H3. The third-order valence-corrected chi connectivity index (χ3v) is 3.23. The van der Waals surface area contributed by atoms with Gasteiger partial charge in [0.05, 0.1) is 12.1 Å². The highest BCUT2D eigenvalue weighted by Crippen LogP contribution is 2.41. The van der Waals surface area contributed by atoms with E-state index in [1.807, 2.05) is 0 Å². The molecule has 6 heteroatoms. The molecule has 0 amide bonds. The molecule has 0 spiro atoms. The summed E-state index contributed by atoms with van der Waals surface area (Å²) < 4.78 is 15.4. The number of esters is 1. The van der Waals surface area contributed by atoms with Gasteiger partial charge in [0.1, 0.15) is 6.04 Å². The fourth-order valence-corrected chi connectivity index (χ4v) is 2.24. The number of benzene rings is 1. The molecule has 1 unspecified atom stereocenters. The van der Waals surface area contributed by atoms with Crippen LogP contribution in [0.25, 0.3) is 0 Å². The molecule has 0 aliphatic carbocycles. The Balaban J connectivity index is 2.28. The quantitative estimate of drug-likeness (QED) is 0.847. The second-order valence-electron chi connectivity index (χ2n) is 4.99. The number of carbonyl (C=O) groups excluding carboxylic acids is 1. The Morgan fingerprint density at radius 1 is 1.45 bits per heavy atom. The summed E-state index contributed by atoms with van der Waals surface area (Å²) in [6, 6.07) is 2.88. The maximum Gasteiger partial charge on any atom is 0.327 e. The van der Waals surface area contributed by atoms with Gasteiger partial charge in [-0.2, -0.15) is 0 Å². The molecule has 2 rings (SSSR count). The molecular formula is C14H18ClNO4. The molecule has 1 aromatic rings. The first kappa shape index (κ1) is 14.9. The molecule has 5 nitrogen and oxygen atoms in total. The highest BCUT2D eigenvalue weighted by Gasteiger charge is 2.26. The number of halogens is 1. The van der Waals surface area contributed by atoms with E-state index in [9.17, 15) is 4.79 Å². The van der Waals surface area contributed by atoms with Crippen LogP contribution in [0.1, 0.15) is 25.5 Å². The highest BCUT2D eigenvalue weighted by atomic mass is 35.5. The van der Waals surface area contributed by atoms with Gasteiger partial charge in [0.15, 0.2) is 11.5 Å². The van der Waals surface area contributed by atoms with E-state index < -0.39 is 6.04 Å². The number of nitrogens with one attached hydrogen (secondary N) is 1. The SMILES string of the molecule is COC(=O)C(NCC(C)C)c1cc(Cl)c2c(c1)OCO2. The summed E-state index contributed by atoms with van der Waals surface area (Å²) in [6.45, 7) is 4.95. The predicted octanol–water partition coefficient (Wildman–Crippen LogP) is 2.53. The fraction of sp³-hybridized carbons (Fsp3) is 0.500. The van der Waals surface area contributed by atoms with Crippen LogP contribution < -0.4 is 14.8 Å². The first-order valence-electron chi connectivity index (χ1n) is 6.43. The van der Waals surface area contributed by atoms with E-state index in [0.717, 1.165) is 0 Å². The summed E-state index contributed by atoms with van der Waals surface area (Å²) >= 11 is 6.14. The highest BCUT2D eigenvalue weighted by molar-refractivity contribution is 6.32. The van der Waals surface area contributed by atoms with Crippen LogP contribution in [0.4, 0.5) is 0 Å². The van der Waals surface area contributed by atoms with Gasteiger partial charge >= 0.3 is 5.97 Å². The van der Waals surface area contributed by atoms with Gasteiger partial charge in [-0.15, -0.1) is 0 Å². The first-order valence-corrected chi connectivity index (χ1v) is 6.81. The molecule has 0 aromatic heterocycles. The fourth-order valence-electron chi connectivity index (χ4n) is 1.96. The molecule has 0 bridgehead atoms. The largest absolute Gasteiger partial charge is 0.468 e. The number of methoxy groups -OCH3 is 1. The molecule has 20 heavy (non-hydrogen) atoms. The summed E-state index contributed by atoms with van der Waals surface area (Å²) in [6.07, 6.45) is 0. The number of ether oxygens (including phenoxy) is 3. The maximum atomic E-state index is 11.9. The second kappa shape index (κ2) is 6.33. The summed E-state index contributed by atoms with van der Waals surface area (Å²) in [7, 11) is 1.36. The Morgan fingerprint density at radius 3 is 2.85 bits per heavy atom. The van der Waals surface area contributed by atoms with Crippen LogP contribution in [-0.4, -0.2) is 26.4 Å². The van der Waals surface area contributed by atoms with Crippen LogP contribution in [0.2, 0.25) is 5.02 Å². The van der Waals surface area contributed by atoms with Crippen LogP contribution in [0.15, 0.2) is 12.1 Å². The molecule has 1 aliphatic heterocycles. The third kappa shape index (κ3) is 3.16. The van der Waals surface area contributed by atoms with Gasteiger partial charge in [-0.25, -0.2) is 4.79 Å². The Hall–Kier alpha value is -1.46. The van der Waals surface area contributed by atoms with Crippen molar-refractivity contribution in [3.05, 3.63) is 22.7 Å². The lowest BCUT2D eigenvalue weighted by atomic mass is 10.1. The van der Waals surface area contributed by atoms with Crippen molar-refractivity contribution in [1.29, 1.82) is 0 Å². The summed E-state index contributed by atoms with van der Waals surface area (Å²) in [5.41, 5.74) is 0.701. The zero-order valence-corrected chi connectivity index (χ0v) is 12.5. The van der Waals surface area contributed by atoms with Gasteiger partial charge in [0.25, 0.3) is 0 Å². The normalized spacial score (nSPS) is 14.4. The van der Waals surface area contributed by atoms with E-state index in [0.29, 0.717) is 34.5 Å². The van der Waals surface area contributed by atoms with E-state index in [-0.39, 0.29) is 12.8 Å². The molecule has 1 heterocycles. The number of fused-ring (bicyclic) bond motifs is 1. The van der Waals surface area contributed by atoms with E-state index in [4.69, 9.17) is 25.8 Å². The summed E-state index contributed by atoms with van der Waals surface area (Å²) in [4.78, 5) is 11.9. The van der Waals surface area contributed by atoms with E-state index in [1.165, 1.54) is 7.11 Å². The van der Waals surface area contributed by atoms with E-state index >= 15 is 0 Å². The van der Waals surface area contributed by atoms with Crippen molar-refractivity contribution in [2.24, 2.45) is 5.92 Å². The Kier molecular flexibility index (Phi) is 4.73. The van der Waals surface area contributed by atoms with Gasteiger partial charge in [0, 0.05) is 0 Å². The average Bonchev–Trinajstić information content (AvgIpc) is 2.87. The lowest BCUT2D eigenvalue weighted by Gasteiger charge is -2.19. The molecule has 1 aromatic carbocycles. The van der Waals surface area contributed by atoms with E-state index in [2.05, 4.69) is 19.2 Å². The molecule has 1 atom stereocenters. The average molecular weight is 300 g/mol. The molecule has 0 saturated carbocycles. The van der Waals surface area contributed by atoms with Gasteiger partial charge in [-0.05, 0) is 30.2 Å². The topological polar surface area (TPSA) is 56.8 Å². The van der Waals surface area contributed by atoms with Crippen LogP contribution >= 0.6 is 11.6 Å². The smallest absolute Gasteiger partial charge is 0.327 e. The van der Waals surface area contributed by atoms with Crippen LogP contribution in [0.5, 0.6) is 11.5 Å². The lowest BCUT2D eigenvalue weighted by Crippen LogP contribution is -2.32. The predicted molar refractivity (Wildman–Crippen MR) is 75.2 cm³/mol. The molecule has 0 radical (unpaired) electrons. The minimum Gasteiger partial charge on any atom is -0.468 e. The van der Waals surface area contributed by atoms with Gasteiger partial charge < -0.3 is 19.5 Å². The van der Waals surface area contributed by atoms with Crippen molar-refractivity contribution in [3.8, 4) is 11.5 Å². The van der Waals surface area contributed by atoms with Crippen molar-refractivity contribution < 1.29 is 19.0 Å².